The van der Waals surface area contributed by atoms with Crippen molar-refractivity contribution in [1.29, 1.82) is 0 Å². The number of benzene rings is 1. The first-order valence-electron chi connectivity index (χ1n) is 10.9. The smallest absolute Gasteiger partial charge is 0.212 e. The van der Waals surface area contributed by atoms with Gasteiger partial charge in [0.25, 0.3) is 0 Å². The van der Waals surface area contributed by atoms with E-state index in [0.717, 1.165) is 18.2 Å². The molecule has 2 aliphatic rings. The van der Waals surface area contributed by atoms with Crippen LogP contribution in [0.3, 0.4) is 0 Å². The summed E-state index contributed by atoms with van der Waals surface area (Å²) < 4.78 is 17.1. The van der Waals surface area contributed by atoms with Crippen LogP contribution in [0, 0.1) is 11.7 Å². The van der Waals surface area contributed by atoms with Gasteiger partial charge in [-0.3, -0.25) is 9.89 Å². The third-order valence-corrected chi connectivity index (χ3v) is 6.15. The van der Waals surface area contributed by atoms with Crippen molar-refractivity contribution in [1.82, 2.24) is 19.6 Å². The molecule has 1 unspecified atom stereocenters. The van der Waals surface area contributed by atoms with Crippen LogP contribution in [0.5, 0.6) is 0 Å². The minimum absolute atomic E-state index is 0.0371. The fraction of sp³-hybridized carbons (Fsp3) is 0.348. The first kappa shape index (κ1) is 20.8. The van der Waals surface area contributed by atoms with E-state index < -0.39 is 5.82 Å². The predicted molar refractivity (Wildman–Crippen MR) is 125 cm³/mol. The summed E-state index contributed by atoms with van der Waals surface area (Å²) in [5.74, 6) is 0.486. The van der Waals surface area contributed by atoms with Gasteiger partial charge in [0.1, 0.15) is 5.65 Å². The Bertz CT molecular complexity index is 1290. The molecule has 7 nitrogen and oxygen atoms in total. The Morgan fingerprint density at radius 3 is 2.75 bits per heavy atom. The molecule has 6 rings (SSSR count). The molecule has 4 aromatic rings. The molecule has 0 bridgehead atoms. The van der Waals surface area contributed by atoms with Crippen molar-refractivity contribution in [2.45, 2.75) is 45.1 Å². The zero-order chi connectivity index (χ0) is 22.2. The molecule has 2 fully saturated rings. The average molecular weight is 455 g/mol. The summed E-state index contributed by atoms with van der Waals surface area (Å²) in [6, 6.07) is 3.76. The van der Waals surface area contributed by atoms with Crippen molar-refractivity contribution in [3.8, 4) is 11.1 Å². The van der Waals surface area contributed by atoms with Gasteiger partial charge in [-0.25, -0.2) is 9.37 Å². The van der Waals surface area contributed by atoms with Gasteiger partial charge >= 0.3 is 0 Å². The maximum atomic E-state index is 15.3. The summed E-state index contributed by atoms with van der Waals surface area (Å²) in [7, 11) is 0. The SMILES string of the molecule is C1CC1.CC(Nc1c(F)c(Cl)c(-c2ccc3nc(NC=O)cn3c2)c2cn[nH]c12)C1CC1. The van der Waals surface area contributed by atoms with Gasteiger partial charge in [0, 0.05) is 28.8 Å². The van der Waals surface area contributed by atoms with Crippen molar-refractivity contribution in [2.24, 2.45) is 5.92 Å². The minimum atomic E-state index is -0.500. The number of carbonyl (C=O) groups excluding carboxylic acids is 1. The lowest BCUT2D eigenvalue weighted by Crippen LogP contribution is -2.18. The third kappa shape index (κ3) is 4.02. The van der Waals surface area contributed by atoms with Gasteiger partial charge in [-0.05, 0) is 37.8 Å². The van der Waals surface area contributed by atoms with Crippen LogP contribution in [0.2, 0.25) is 5.02 Å². The van der Waals surface area contributed by atoms with Crippen LogP contribution in [0.1, 0.15) is 39.0 Å². The summed E-state index contributed by atoms with van der Waals surface area (Å²) in [5, 5.41) is 13.6. The lowest BCUT2D eigenvalue weighted by Gasteiger charge is -2.18. The van der Waals surface area contributed by atoms with Crippen LogP contribution in [0.25, 0.3) is 27.7 Å². The molecule has 3 aromatic heterocycles. The number of fused-ring (bicyclic) bond motifs is 2. The number of pyridine rings is 1. The summed E-state index contributed by atoms with van der Waals surface area (Å²) in [6.45, 7) is 2.05. The Morgan fingerprint density at radius 2 is 2.06 bits per heavy atom. The average Bonchev–Trinajstić information content (AvgIpc) is 3.72. The molecule has 2 saturated carbocycles. The van der Waals surface area contributed by atoms with Crippen molar-refractivity contribution in [3.63, 3.8) is 0 Å². The van der Waals surface area contributed by atoms with E-state index in [0.29, 0.717) is 46.1 Å². The number of aromatic amines is 1. The van der Waals surface area contributed by atoms with Crippen LogP contribution < -0.4 is 10.6 Å². The van der Waals surface area contributed by atoms with Gasteiger partial charge < -0.3 is 15.0 Å². The van der Waals surface area contributed by atoms with Crippen molar-refractivity contribution in [3.05, 3.63) is 41.6 Å². The Morgan fingerprint density at radius 1 is 1.28 bits per heavy atom. The van der Waals surface area contributed by atoms with Gasteiger partial charge in [-0.2, -0.15) is 5.10 Å². The van der Waals surface area contributed by atoms with E-state index in [1.54, 1.807) is 29.1 Å². The number of H-pyrrole nitrogens is 1. The highest BCUT2D eigenvalue weighted by molar-refractivity contribution is 6.36. The molecular formula is C23H24ClFN6O. The molecule has 0 spiro atoms. The van der Waals surface area contributed by atoms with Crippen molar-refractivity contribution >= 4 is 46.1 Å². The lowest BCUT2D eigenvalue weighted by atomic mass is 10.0. The van der Waals surface area contributed by atoms with E-state index in [4.69, 9.17) is 11.6 Å². The Balaban J connectivity index is 0.000000666. The summed E-state index contributed by atoms with van der Waals surface area (Å²) in [4.78, 5) is 14.9. The highest BCUT2D eigenvalue weighted by Crippen LogP contribution is 2.43. The quantitative estimate of drug-likeness (QED) is 0.330. The molecule has 32 heavy (non-hydrogen) atoms. The van der Waals surface area contributed by atoms with E-state index >= 15 is 4.39 Å². The lowest BCUT2D eigenvalue weighted by molar-refractivity contribution is -0.105. The van der Waals surface area contributed by atoms with Gasteiger partial charge in [-0.1, -0.05) is 30.9 Å². The number of nitrogens with one attached hydrogen (secondary N) is 3. The monoisotopic (exact) mass is 454 g/mol. The highest BCUT2D eigenvalue weighted by atomic mass is 35.5. The Kier molecular flexibility index (Phi) is 5.46. The van der Waals surface area contributed by atoms with Crippen LogP contribution in [0.15, 0.2) is 30.7 Å². The molecule has 2 aliphatic carbocycles. The van der Waals surface area contributed by atoms with Gasteiger partial charge in [0.05, 0.1) is 28.6 Å². The van der Waals surface area contributed by atoms with E-state index in [-0.39, 0.29) is 11.1 Å². The minimum Gasteiger partial charge on any atom is -0.378 e. The molecule has 9 heteroatoms. The topological polar surface area (TPSA) is 87.1 Å². The van der Waals surface area contributed by atoms with Crippen molar-refractivity contribution < 1.29 is 9.18 Å². The second-order valence-electron chi connectivity index (χ2n) is 8.44. The Labute approximate surface area is 189 Å². The largest absolute Gasteiger partial charge is 0.378 e. The molecular weight excluding hydrogens is 431 g/mol. The molecule has 0 saturated heterocycles. The van der Waals surface area contributed by atoms with Gasteiger partial charge in [0.2, 0.25) is 6.41 Å². The van der Waals surface area contributed by atoms with Crippen molar-refractivity contribution in [2.75, 3.05) is 10.6 Å². The third-order valence-electron chi connectivity index (χ3n) is 5.79. The number of hydrogen-bond donors (Lipinski definition) is 3. The number of imidazole rings is 1. The molecule has 1 amide bonds. The van der Waals surface area contributed by atoms with E-state index in [2.05, 4.69) is 32.7 Å². The maximum Gasteiger partial charge on any atom is 0.212 e. The molecule has 1 atom stereocenters. The number of halogens is 2. The van der Waals surface area contributed by atoms with E-state index in [1.807, 2.05) is 6.07 Å². The summed E-state index contributed by atoms with van der Waals surface area (Å²) >= 11 is 6.51. The number of rotatable bonds is 6. The number of hydrogen-bond acceptors (Lipinski definition) is 4. The molecule has 166 valence electrons. The molecule has 0 radical (unpaired) electrons. The summed E-state index contributed by atoms with van der Waals surface area (Å²) in [5.41, 5.74) is 2.85. The van der Waals surface area contributed by atoms with E-state index in [1.165, 1.54) is 19.3 Å². The maximum absolute atomic E-state index is 15.3. The first-order valence-corrected chi connectivity index (χ1v) is 11.2. The fourth-order valence-electron chi connectivity index (χ4n) is 3.74. The second-order valence-corrected chi connectivity index (χ2v) is 8.82. The normalized spacial score (nSPS) is 15.8. The van der Waals surface area contributed by atoms with Crippen LogP contribution >= 0.6 is 11.6 Å². The molecule has 1 aromatic carbocycles. The zero-order valence-corrected chi connectivity index (χ0v) is 18.4. The molecule has 3 N–H and O–H groups in total. The predicted octanol–water partition coefficient (Wildman–Crippen LogP) is 5.62. The number of amides is 1. The summed E-state index contributed by atoms with van der Waals surface area (Å²) in [6.07, 6.45) is 12.5. The Hall–Kier alpha value is -3.13. The van der Waals surface area contributed by atoms with E-state index in [9.17, 15) is 4.79 Å². The number of aromatic nitrogens is 4. The zero-order valence-electron chi connectivity index (χ0n) is 17.7. The van der Waals surface area contributed by atoms with Gasteiger partial charge in [0.15, 0.2) is 11.6 Å². The highest BCUT2D eigenvalue weighted by Gasteiger charge is 2.30. The number of nitrogens with zero attached hydrogens (tertiary/aromatic N) is 3. The first-order chi connectivity index (χ1) is 15.6. The molecule has 3 heterocycles. The van der Waals surface area contributed by atoms with Gasteiger partial charge in [-0.15, -0.1) is 0 Å². The number of carbonyl (C=O) groups is 1. The second kappa shape index (κ2) is 8.43. The van der Waals surface area contributed by atoms with Crippen LogP contribution in [-0.2, 0) is 4.79 Å². The van der Waals surface area contributed by atoms with Crippen LogP contribution in [0.4, 0.5) is 15.9 Å². The standard InChI is InChI=1S/C20H18ClFN6O.C3H6/c1-10(11-2-3-11)25-20-18(22)17(21)16(13-6-24-27-19(13)20)12-4-5-15-26-14(23-9-29)8-28(15)7-12;1-2-3-1/h4-11,25H,2-3H2,1H3,(H,23,29)(H,24,27);1-3H2. The fourth-order valence-corrected chi connectivity index (χ4v) is 4.05. The molecule has 0 aliphatic heterocycles. The number of anilines is 2. The van der Waals surface area contributed by atoms with Crippen LogP contribution in [-0.4, -0.2) is 32.0 Å².